The molecule has 0 bridgehead atoms. The summed E-state index contributed by atoms with van der Waals surface area (Å²) >= 11 is 0. The summed E-state index contributed by atoms with van der Waals surface area (Å²) in [4.78, 5) is 12.0. The Balaban J connectivity index is 2.08. The van der Waals surface area contributed by atoms with Crippen LogP contribution in [0.2, 0.25) is 0 Å². The van der Waals surface area contributed by atoms with Gasteiger partial charge in [-0.1, -0.05) is 18.2 Å². The lowest BCUT2D eigenvalue weighted by Crippen LogP contribution is -2.29. The second kappa shape index (κ2) is 7.69. The molecule has 4 nitrogen and oxygen atoms in total. The standard InChI is InChI=1S/C17H17F2NO3/c1-22-15-6-4-3-5-12(15)16(23-2)10-20-17(21)11-7-8-13(18)14(19)9-11/h3-9,16H,10H2,1-2H3,(H,20,21)/t16-/m1/s1. The number of carbonyl (C=O) groups is 1. The van der Waals surface area contributed by atoms with Crippen LogP contribution in [-0.2, 0) is 4.74 Å². The average molecular weight is 321 g/mol. The summed E-state index contributed by atoms with van der Waals surface area (Å²) in [5, 5.41) is 2.64. The number of ether oxygens (including phenoxy) is 2. The minimum absolute atomic E-state index is 0.0405. The fourth-order valence-corrected chi connectivity index (χ4v) is 2.18. The van der Waals surface area contributed by atoms with Gasteiger partial charge in [-0.15, -0.1) is 0 Å². The Kier molecular flexibility index (Phi) is 5.65. The van der Waals surface area contributed by atoms with Gasteiger partial charge >= 0.3 is 0 Å². The Morgan fingerprint density at radius 2 is 1.87 bits per heavy atom. The van der Waals surface area contributed by atoms with E-state index in [9.17, 15) is 13.6 Å². The van der Waals surface area contributed by atoms with Gasteiger partial charge in [0, 0.05) is 24.8 Å². The van der Waals surface area contributed by atoms with Crippen LogP contribution in [0.15, 0.2) is 42.5 Å². The maximum Gasteiger partial charge on any atom is 0.251 e. The second-order valence-electron chi connectivity index (χ2n) is 4.81. The number of hydrogen-bond donors (Lipinski definition) is 1. The predicted octanol–water partition coefficient (Wildman–Crippen LogP) is 3.09. The van der Waals surface area contributed by atoms with E-state index in [1.807, 2.05) is 18.2 Å². The molecule has 0 saturated carbocycles. The molecule has 1 N–H and O–H groups in total. The summed E-state index contributed by atoms with van der Waals surface area (Å²) in [5.74, 6) is -1.93. The van der Waals surface area contributed by atoms with Crippen LogP contribution in [0.5, 0.6) is 5.75 Å². The summed E-state index contributed by atoms with van der Waals surface area (Å²) in [6, 6.07) is 10.3. The smallest absolute Gasteiger partial charge is 0.251 e. The van der Waals surface area contributed by atoms with E-state index in [4.69, 9.17) is 9.47 Å². The van der Waals surface area contributed by atoms with Gasteiger partial charge in [0.1, 0.15) is 11.9 Å². The van der Waals surface area contributed by atoms with Crippen LogP contribution in [0, 0.1) is 11.6 Å². The van der Waals surface area contributed by atoms with E-state index in [1.54, 1.807) is 13.2 Å². The number of carbonyl (C=O) groups excluding carboxylic acids is 1. The van der Waals surface area contributed by atoms with Crippen LogP contribution in [0.4, 0.5) is 8.78 Å². The van der Waals surface area contributed by atoms with E-state index in [-0.39, 0.29) is 12.1 Å². The van der Waals surface area contributed by atoms with E-state index < -0.39 is 23.6 Å². The van der Waals surface area contributed by atoms with Gasteiger partial charge in [0.15, 0.2) is 11.6 Å². The number of nitrogens with one attached hydrogen (secondary N) is 1. The van der Waals surface area contributed by atoms with E-state index in [0.29, 0.717) is 5.75 Å². The molecule has 1 atom stereocenters. The van der Waals surface area contributed by atoms with Crippen LogP contribution in [0.1, 0.15) is 22.0 Å². The quantitative estimate of drug-likeness (QED) is 0.889. The normalized spacial score (nSPS) is 11.8. The Bertz CT molecular complexity index is 691. The number of benzene rings is 2. The lowest BCUT2D eigenvalue weighted by atomic mass is 10.1. The van der Waals surface area contributed by atoms with Crippen molar-refractivity contribution in [1.82, 2.24) is 5.32 Å². The highest BCUT2D eigenvalue weighted by atomic mass is 19.2. The first-order chi connectivity index (χ1) is 11.1. The minimum atomic E-state index is -1.06. The highest BCUT2D eigenvalue weighted by Crippen LogP contribution is 2.26. The van der Waals surface area contributed by atoms with E-state index >= 15 is 0 Å². The van der Waals surface area contributed by atoms with Gasteiger partial charge in [-0.3, -0.25) is 4.79 Å². The van der Waals surface area contributed by atoms with Crippen molar-refractivity contribution in [2.75, 3.05) is 20.8 Å². The molecule has 0 aliphatic rings. The molecule has 2 aromatic rings. The third-order valence-electron chi connectivity index (χ3n) is 3.40. The summed E-state index contributed by atoms with van der Waals surface area (Å²) in [6.07, 6.45) is -0.430. The van der Waals surface area contributed by atoms with Gasteiger partial charge in [-0.2, -0.15) is 0 Å². The van der Waals surface area contributed by atoms with Gasteiger partial charge < -0.3 is 14.8 Å². The lowest BCUT2D eigenvalue weighted by Gasteiger charge is -2.19. The monoisotopic (exact) mass is 321 g/mol. The minimum Gasteiger partial charge on any atom is -0.496 e. The summed E-state index contributed by atoms with van der Waals surface area (Å²) in [7, 11) is 3.06. The molecule has 0 aliphatic carbocycles. The maximum absolute atomic E-state index is 13.2. The molecule has 0 spiro atoms. The molecule has 2 aromatic carbocycles. The molecule has 1 amide bonds. The third-order valence-corrected chi connectivity index (χ3v) is 3.40. The van der Waals surface area contributed by atoms with Gasteiger partial charge in [-0.25, -0.2) is 8.78 Å². The molecule has 0 fully saturated rings. The van der Waals surface area contributed by atoms with E-state index in [0.717, 1.165) is 17.7 Å². The Morgan fingerprint density at radius 1 is 1.13 bits per heavy atom. The molecule has 0 saturated heterocycles. The fourth-order valence-electron chi connectivity index (χ4n) is 2.18. The molecule has 0 radical (unpaired) electrons. The first-order valence-corrected chi connectivity index (χ1v) is 6.95. The second-order valence-corrected chi connectivity index (χ2v) is 4.81. The molecule has 23 heavy (non-hydrogen) atoms. The molecular formula is C17H17F2NO3. The Labute approximate surface area is 133 Å². The average Bonchev–Trinajstić information content (AvgIpc) is 2.58. The summed E-state index contributed by atoms with van der Waals surface area (Å²) in [6.45, 7) is 0.161. The Morgan fingerprint density at radius 3 is 2.52 bits per heavy atom. The van der Waals surface area contributed by atoms with Crippen molar-refractivity contribution in [3.63, 3.8) is 0 Å². The van der Waals surface area contributed by atoms with Crippen LogP contribution >= 0.6 is 0 Å². The van der Waals surface area contributed by atoms with Gasteiger partial charge in [0.05, 0.1) is 7.11 Å². The molecular weight excluding hydrogens is 304 g/mol. The first kappa shape index (κ1) is 16.9. The zero-order valence-electron chi connectivity index (χ0n) is 12.8. The van der Waals surface area contributed by atoms with Gasteiger partial charge in [-0.05, 0) is 24.3 Å². The molecule has 122 valence electrons. The van der Waals surface area contributed by atoms with Crippen LogP contribution in [0.25, 0.3) is 0 Å². The largest absolute Gasteiger partial charge is 0.496 e. The number of halogens is 2. The number of methoxy groups -OCH3 is 2. The lowest BCUT2D eigenvalue weighted by molar-refractivity contribution is 0.0819. The molecule has 0 unspecified atom stereocenters. The highest BCUT2D eigenvalue weighted by molar-refractivity contribution is 5.94. The number of amides is 1. The van der Waals surface area contributed by atoms with Gasteiger partial charge in [0.25, 0.3) is 5.91 Å². The zero-order chi connectivity index (χ0) is 16.8. The number of hydrogen-bond acceptors (Lipinski definition) is 3. The molecule has 2 rings (SSSR count). The molecule has 0 aliphatic heterocycles. The topological polar surface area (TPSA) is 47.6 Å². The van der Waals surface area contributed by atoms with Crippen molar-refractivity contribution in [1.29, 1.82) is 0 Å². The molecule has 6 heteroatoms. The Hall–Kier alpha value is -2.47. The van der Waals surface area contributed by atoms with Gasteiger partial charge in [0.2, 0.25) is 0 Å². The van der Waals surface area contributed by atoms with Crippen LogP contribution in [-0.4, -0.2) is 26.7 Å². The van der Waals surface area contributed by atoms with Crippen LogP contribution < -0.4 is 10.1 Å². The van der Waals surface area contributed by atoms with E-state index in [1.165, 1.54) is 13.2 Å². The summed E-state index contributed by atoms with van der Waals surface area (Å²) in [5.41, 5.74) is 0.821. The molecule has 0 heterocycles. The van der Waals surface area contributed by atoms with Crippen molar-refractivity contribution in [2.45, 2.75) is 6.10 Å². The van der Waals surface area contributed by atoms with Crippen molar-refractivity contribution in [3.8, 4) is 5.75 Å². The fraction of sp³-hybridized carbons (Fsp3) is 0.235. The maximum atomic E-state index is 13.2. The summed E-state index contributed by atoms with van der Waals surface area (Å²) < 4.78 is 36.7. The SMILES string of the molecule is COc1ccccc1[C@@H](CNC(=O)c1ccc(F)c(F)c1)OC. The number of rotatable bonds is 6. The number of para-hydroxylation sites is 1. The third kappa shape index (κ3) is 4.04. The van der Waals surface area contributed by atoms with Crippen molar-refractivity contribution < 1.29 is 23.0 Å². The van der Waals surface area contributed by atoms with Crippen molar-refractivity contribution >= 4 is 5.91 Å². The zero-order valence-corrected chi connectivity index (χ0v) is 12.8. The predicted molar refractivity (Wildman–Crippen MR) is 81.4 cm³/mol. The first-order valence-electron chi connectivity index (χ1n) is 6.95. The molecule has 0 aromatic heterocycles. The van der Waals surface area contributed by atoms with Crippen molar-refractivity contribution in [2.24, 2.45) is 0 Å². The van der Waals surface area contributed by atoms with Crippen LogP contribution in [0.3, 0.4) is 0 Å². The highest BCUT2D eigenvalue weighted by Gasteiger charge is 2.17. The van der Waals surface area contributed by atoms with E-state index in [2.05, 4.69) is 5.32 Å². The van der Waals surface area contributed by atoms with Crippen molar-refractivity contribution in [3.05, 3.63) is 65.2 Å².